The third-order valence-corrected chi connectivity index (χ3v) is 4.94. The van der Waals surface area contributed by atoms with Gasteiger partial charge in [-0.2, -0.15) is 0 Å². The number of hydrogen-bond donors (Lipinski definition) is 2. The predicted octanol–water partition coefficient (Wildman–Crippen LogP) is 3.82. The zero-order valence-corrected chi connectivity index (χ0v) is 14.8. The second-order valence-electron chi connectivity index (χ2n) is 6.85. The van der Waals surface area contributed by atoms with Crippen LogP contribution in [-0.2, 0) is 0 Å². The van der Waals surface area contributed by atoms with Crippen molar-refractivity contribution in [2.75, 3.05) is 23.3 Å². The first-order valence-corrected chi connectivity index (χ1v) is 8.77. The van der Waals surface area contributed by atoms with Crippen LogP contribution in [0.15, 0.2) is 35.0 Å². The number of nitro groups is 1. The Morgan fingerprint density at radius 1 is 1.22 bits per heavy atom. The highest BCUT2D eigenvalue weighted by molar-refractivity contribution is 6.00. The molecule has 140 valence electrons. The second-order valence-corrected chi connectivity index (χ2v) is 6.85. The van der Waals surface area contributed by atoms with Crippen LogP contribution < -0.4 is 10.2 Å². The first-order valence-electron chi connectivity index (χ1n) is 8.77. The number of nitrogens with one attached hydrogen (secondary N) is 1. The molecule has 0 saturated carbocycles. The molecule has 1 aliphatic rings. The Morgan fingerprint density at radius 3 is 2.56 bits per heavy atom. The van der Waals surface area contributed by atoms with E-state index in [1.165, 1.54) is 12.1 Å². The molecule has 0 amide bonds. The highest BCUT2D eigenvalue weighted by Gasteiger charge is 2.29. The van der Waals surface area contributed by atoms with Crippen molar-refractivity contribution in [3.8, 4) is 5.75 Å². The third kappa shape index (κ3) is 3.23. The number of nitrogens with zero attached hydrogens (tertiary/aromatic N) is 4. The summed E-state index contributed by atoms with van der Waals surface area (Å²) in [6.45, 7) is 3.91. The molecule has 1 saturated heterocycles. The Bertz CT molecular complexity index is 977. The lowest BCUT2D eigenvalue weighted by Gasteiger charge is -2.32. The molecule has 9 nitrogen and oxygen atoms in total. The molecule has 1 aliphatic heterocycles. The molecule has 2 aromatic carbocycles. The van der Waals surface area contributed by atoms with E-state index in [9.17, 15) is 15.2 Å². The molecule has 9 heteroatoms. The molecular formula is C18H19N5O4. The van der Waals surface area contributed by atoms with Crippen molar-refractivity contribution in [1.82, 2.24) is 10.3 Å². The minimum Gasteiger partial charge on any atom is -0.508 e. The molecule has 0 bridgehead atoms. The lowest BCUT2D eigenvalue weighted by Crippen LogP contribution is -2.33. The summed E-state index contributed by atoms with van der Waals surface area (Å²) >= 11 is 0. The summed E-state index contributed by atoms with van der Waals surface area (Å²) in [7, 11) is 0. The number of nitro benzene ring substituents is 1. The van der Waals surface area contributed by atoms with Crippen molar-refractivity contribution in [2.24, 2.45) is 5.92 Å². The molecule has 0 radical (unpaired) electrons. The van der Waals surface area contributed by atoms with Gasteiger partial charge >= 0.3 is 5.69 Å². The fourth-order valence-electron chi connectivity index (χ4n) is 3.38. The number of piperidine rings is 1. The number of benzene rings is 2. The molecular weight excluding hydrogens is 350 g/mol. The Labute approximate surface area is 154 Å². The molecule has 0 atom stereocenters. The summed E-state index contributed by atoms with van der Waals surface area (Å²) in [4.78, 5) is 13.4. The van der Waals surface area contributed by atoms with E-state index < -0.39 is 4.92 Å². The largest absolute Gasteiger partial charge is 0.508 e. The zero-order chi connectivity index (χ0) is 19.0. The Morgan fingerprint density at radius 2 is 1.89 bits per heavy atom. The number of hydrogen-bond acceptors (Lipinski definition) is 8. The Kier molecular flexibility index (Phi) is 4.27. The number of fused-ring (bicyclic) bond motifs is 1. The van der Waals surface area contributed by atoms with E-state index >= 15 is 0 Å². The summed E-state index contributed by atoms with van der Waals surface area (Å²) in [5.41, 5.74) is 2.02. The van der Waals surface area contributed by atoms with Gasteiger partial charge in [0.15, 0.2) is 5.52 Å². The molecule has 0 aliphatic carbocycles. The van der Waals surface area contributed by atoms with E-state index in [-0.39, 0.29) is 17.0 Å². The van der Waals surface area contributed by atoms with Crippen LogP contribution in [0.4, 0.5) is 22.7 Å². The van der Waals surface area contributed by atoms with Gasteiger partial charge in [0.25, 0.3) is 0 Å². The fraction of sp³-hybridized carbons (Fsp3) is 0.333. The number of phenolic OH excluding ortho intramolecular Hbond substituents is 1. The van der Waals surface area contributed by atoms with E-state index in [0.29, 0.717) is 22.8 Å². The van der Waals surface area contributed by atoms with Gasteiger partial charge in [-0.05, 0) is 59.4 Å². The SMILES string of the molecule is CC1CCN(c2cc(Nc3ccc(O)cc3)c([N+](=O)[O-])c3nonc23)CC1. The molecule has 1 fully saturated rings. The minimum atomic E-state index is -0.489. The summed E-state index contributed by atoms with van der Waals surface area (Å²) in [5, 5.41) is 31.9. The number of aromatic nitrogens is 2. The first kappa shape index (κ1) is 17.1. The average Bonchev–Trinajstić information content (AvgIpc) is 3.12. The number of aromatic hydroxyl groups is 1. The quantitative estimate of drug-likeness (QED) is 0.405. The summed E-state index contributed by atoms with van der Waals surface area (Å²) in [6.07, 6.45) is 2.09. The number of phenols is 1. The van der Waals surface area contributed by atoms with E-state index in [1.54, 1.807) is 18.2 Å². The summed E-state index contributed by atoms with van der Waals surface area (Å²) < 4.78 is 4.84. The van der Waals surface area contributed by atoms with Gasteiger partial charge in [0.05, 0.1) is 10.6 Å². The topological polar surface area (TPSA) is 118 Å². The van der Waals surface area contributed by atoms with Crippen LogP contribution in [0.25, 0.3) is 11.0 Å². The van der Waals surface area contributed by atoms with Gasteiger partial charge < -0.3 is 15.3 Å². The van der Waals surface area contributed by atoms with Gasteiger partial charge in [0.1, 0.15) is 11.4 Å². The Balaban J connectivity index is 1.82. The van der Waals surface area contributed by atoms with Crippen molar-refractivity contribution in [3.05, 3.63) is 40.4 Å². The van der Waals surface area contributed by atoms with Gasteiger partial charge in [-0.1, -0.05) is 6.92 Å². The van der Waals surface area contributed by atoms with Crippen LogP contribution >= 0.6 is 0 Å². The van der Waals surface area contributed by atoms with Crippen molar-refractivity contribution >= 4 is 33.8 Å². The van der Waals surface area contributed by atoms with E-state index in [4.69, 9.17) is 4.63 Å². The summed E-state index contributed by atoms with van der Waals surface area (Å²) in [5.74, 6) is 0.772. The van der Waals surface area contributed by atoms with Crippen LogP contribution in [0.3, 0.4) is 0 Å². The van der Waals surface area contributed by atoms with Crippen LogP contribution in [0, 0.1) is 16.0 Å². The monoisotopic (exact) mass is 369 g/mol. The number of anilines is 3. The van der Waals surface area contributed by atoms with Gasteiger partial charge in [-0.3, -0.25) is 10.1 Å². The van der Waals surface area contributed by atoms with Crippen molar-refractivity contribution in [2.45, 2.75) is 19.8 Å². The molecule has 2 N–H and O–H groups in total. The maximum Gasteiger partial charge on any atom is 0.324 e. The lowest BCUT2D eigenvalue weighted by molar-refractivity contribution is -0.382. The van der Waals surface area contributed by atoms with Gasteiger partial charge in [-0.25, -0.2) is 4.63 Å². The molecule has 1 aromatic heterocycles. The van der Waals surface area contributed by atoms with Gasteiger partial charge in [0.2, 0.25) is 5.52 Å². The van der Waals surface area contributed by atoms with Crippen LogP contribution in [0.5, 0.6) is 5.75 Å². The first-order chi connectivity index (χ1) is 13.0. The zero-order valence-electron chi connectivity index (χ0n) is 14.8. The Hall–Kier alpha value is -3.36. The van der Waals surface area contributed by atoms with Crippen LogP contribution in [-0.4, -0.2) is 33.4 Å². The van der Waals surface area contributed by atoms with Crippen molar-refractivity contribution < 1.29 is 14.7 Å². The maximum atomic E-state index is 11.7. The number of rotatable bonds is 4. The van der Waals surface area contributed by atoms with E-state index in [0.717, 1.165) is 31.6 Å². The van der Waals surface area contributed by atoms with E-state index in [1.807, 2.05) is 0 Å². The second kappa shape index (κ2) is 6.75. The maximum absolute atomic E-state index is 11.7. The standard InChI is InChI=1S/C18H19N5O4/c1-11-6-8-22(9-7-11)15-10-14(19-12-2-4-13(24)5-3-12)18(23(25)26)17-16(15)20-27-21-17/h2-5,10-11,19,24H,6-9H2,1H3. The molecule has 0 spiro atoms. The summed E-state index contributed by atoms with van der Waals surface area (Å²) in [6, 6.07) is 8.04. The third-order valence-electron chi connectivity index (χ3n) is 4.94. The minimum absolute atomic E-state index is 0.120. The average molecular weight is 369 g/mol. The van der Waals surface area contributed by atoms with Gasteiger partial charge in [0, 0.05) is 18.8 Å². The van der Waals surface area contributed by atoms with Crippen molar-refractivity contribution in [1.29, 1.82) is 0 Å². The normalized spacial score (nSPS) is 15.2. The molecule has 3 aromatic rings. The van der Waals surface area contributed by atoms with E-state index in [2.05, 4.69) is 27.5 Å². The smallest absolute Gasteiger partial charge is 0.324 e. The van der Waals surface area contributed by atoms with Crippen molar-refractivity contribution in [3.63, 3.8) is 0 Å². The molecule has 0 unspecified atom stereocenters. The predicted molar refractivity (Wildman–Crippen MR) is 100 cm³/mol. The van der Waals surface area contributed by atoms with Gasteiger partial charge in [-0.15, -0.1) is 0 Å². The highest BCUT2D eigenvalue weighted by Crippen LogP contribution is 2.40. The van der Waals surface area contributed by atoms with Crippen LogP contribution in [0.1, 0.15) is 19.8 Å². The molecule has 27 heavy (non-hydrogen) atoms. The molecule has 2 heterocycles. The van der Waals surface area contributed by atoms with Crippen LogP contribution in [0.2, 0.25) is 0 Å². The lowest BCUT2D eigenvalue weighted by atomic mass is 9.98. The highest BCUT2D eigenvalue weighted by atomic mass is 16.6. The molecule has 4 rings (SSSR count). The fourth-order valence-corrected chi connectivity index (χ4v) is 3.38.